The van der Waals surface area contributed by atoms with Crippen molar-refractivity contribution in [3.63, 3.8) is 0 Å². The molecule has 3 rings (SSSR count). The number of rotatable bonds is 6. The van der Waals surface area contributed by atoms with Gasteiger partial charge in [-0.3, -0.25) is 9.10 Å². The van der Waals surface area contributed by atoms with Crippen LogP contribution in [0.2, 0.25) is 5.02 Å². The summed E-state index contributed by atoms with van der Waals surface area (Å²) in [6.45, 7) is 1.08. The molecule has 162 valence electrons. The Hall–Kier alpha value is -2.29. The molecule has 0 bridgehead atoms. The van der Waals surface area contributed by atoms with Gasteiger partial charge in [0.25, 0.3) is 15.9 Å². The lowest BCUT2D eigenvalue weighted by Crippen LogP contribution is -2.40. The molecule has 30 heavy (non-hydrogen) atoms. The number of amides is 1. The minimum Gasteiger partial charge on any atom is -0.497 e. The number of carbonyl (C=O) groups is 1. The van der Waals surface area contributed by atoms with Crippen LogP contribution in [0.5, 0.6) is 5.75 Å². The van der Waals surface area contributed by atoms with Crippen LogP contribution in [0.3, 0.4) is 0 Å². The van der Waals surface area contributed by atoms with E-state index in [9.17, 15) is 13.2 Å². The zero-order valence-electron chi connectivity index (χ0n) is 17.2. The minimum atomic E-state index is -3.88. The molecule has 0 atom stereocenters. The molecular formula is C21H25ClN2O5S. The molecule has 0 spiro atoms. The van der Waals surface area contributed by atoms with Crippen LogP contribution in [-0.2, 0) is 14.8 Å². The summed E-state index contributed by atoms with van der Waals surface area (Å²) in [6, 6.07) is 10.9. The van der Waals surface area contributed by atoms with Crippen LogP contribution in [0.4, 0.5) is 5.69 Å². The van der Waals surface area contributed by atoms with Gasteiger partial charge in [-0.1, -0.05) is 11.6 Å². The average molecular weight is 453 g/mol. The quantitative estimate of drug-likeness (QED) is 0.671. The van der Waals surface area contributed by atoms with Gasteiger partial charge in [-0.05, 0) is 55.3 Å². The Labute approximate surface area is 182 Å². The van der Waals surface area contributed by atoms with Gasteiger partial charge < -0.3 is 14.4 Å². The molecule has 1 fully saturated rings. The number of methoxy groups -OCH3 is 2. The molecule has 1 heterocycles. The lowest BCUT2D eigenvalue weighted by atomic mass is 10.1. The van der Waals surface area contributed by atoms with E-state index in [1.165, 1.54) is 25.2 Å². The smallest absolute Gasteiger partial charge is 0.264 e. The second-order valence-corrected chi connectivity index (χ2v) is 9.42. The molecule has 0 aliphatic carbocycles. The molecule has 7 nitrogen and oxygen atoms in total. The Morgan fingerprint density at radius 3 is 2.30 bits per heavy atom. The Morgan fingerprint density at radius 1 is 1.10 bits per heavy atom. The zero-order chi connectivity index (χ0) is 21.9. The zero-order valence-corrected chi connectivity index (χ0v) is 18.7. The molecule has 9 heteroatoms. The lowest BCUT2D eigenvalue weighted by molar-refractivity contribution is 0.0351. The standard InChI is InChI=1S/C21H25ClN2O5S/c1-23(15-4-6-16(28-2)7-5-15)30(26,27)18-8-9-20(22)19(14-18)21(25)24-12-10-17(29-3)11-13-24/h4-9,14,17H,10-13H2,1-3H3. The number of benzene rings is 2. The molecule has 0 saturated carbocycles. The van der Waals surface area contributed by atoms with E-state index < -0.39 is 10.0 Å². The highest BCUT2D eigenvalue weighted by Gasteiger charge is 2.28. The number of nitrogens with zero attached hydrogens (tertiary/aromatic N) is 2. The second kappa shape index (κ2) is 9.24. The van der Waals surface area contributed by atoms with Gasteiger partial charge in [-0.2, -0.15) is 0 Å². The van der Waals surface area contributed by atoms with Crippen molar-refractivity contribution in [2.45, 2.75) is 23.8 Å². The van der Waals surface area contributed by atoms with E-state index in [4.69, 9.17) is 21.1 Å². The fourth-order valence-electron chi connectivity index (χ4n) is 3.38. The third-order valence-corrected chi connectivity index (χ3v) is 7.44. The van der Waals surface area contributed by atoms with E-state index >= 15 is 0 Å². The van der Waals surface area contributed by atoms with Gasteiger partial charge in [0.15, 0.2) is 0 Å². The number of halogens is 1. The fraction of sp³-hybridized carbons (Fsp3) is 0.381. The molecular weight excluding hydrogens is 428 g/mol. The fourth-order valence-corrected chi connectivity index (χ4v) is 4.80. The SMILES string of the molecule is COc1ccc(N(C)S(=O)(=O)c2ccc(Cl)c(C(=O)N3CCC(OC)CC3)c2)cc1. The summed E-state index contributed by atoms with van der Waals surface area (Å²) in [7, 11) is 0.777. The first-order valence-corrected chi connectivity index (χ1v) is 11.3. The van der Waals surface area contributed by atoms with E-state index in [1.54, 1.807) is 43.4 Å². The molecule has 0 unspecified atom stereocenters. The number of hydrogen-bond acceptors (Lipinski definition) is 5. The lowest BCUT2D eigenvalue weighted by Gasteiger charge is -2.31. The normalized spacial score (nSPS) is 15.1. The van der Waals surface area contributed by atoms with Gasteiger partial charge >= 0.3 is 0 Å². The second-order valence-electron chi connectivity index (χ2n) is 7.04. The number of ether oxygens (including phenoxy) is 2. The van der Waals surface area contributed by atoms with Gasteiger partial charge in [-0.25, -0.2) is 8.42 Å². The summed E-state index contributed by atoms with van der Waals surface area (Å²) >= 11 is 6.25. The highest BCUT2D eigenvalue weighted by atomic mass is 35.5. The third-order valence-electron chi connectivity index (χ3n) is 5.33. The monoisotopic (exact) mass is 452 g/mol. The molecule has 1 amide bonds. The maximum atomic E-state index is 13.1. The number of anilines is 1. The number of likely N-dealkylation sites (tertiary alicyclic amines) is 1. The summed E-state index contributed by atoms with van der Waals surface area (Å²) in [5, 5.41) is 0.222. The Kier molecular flexibility index (Phi) is 6.90. The van der Waals surface area contributed by atoms with Crippen LogP contribution >= 0.6 is 11.6 Å². The molecule has 0 radical (unpaired) electrons. The van der Waals surface area contributed by atoms with Crippen LogP contribution in [0.15, 0.2) is 47.4 Å². The van der Waals surface area contributed by atoms with Crippen molar-refractivity contribution in [1.82, 2.24) is 4.90 Å². The van der Waals surface area contributed by atoms with E-state index in [-0.39, 0.29) is 27.5 Å². The highest BCUT2D eigenvalue weighted by Crippen LogP contribution is 2.28. The first kappa shape index (κ1) is 22.4. The van der Waals surface area contributed by atoms with Crippen molar-refractivity contribution in [1.29, 1.82) is 0 Å². The maximum absolute atomic E-state index is 13.1. The van der Waals surface area contributed by atoms with Crippen molar-refractivity contribution in [2.75, 3.05) is 38.7 Å². The van der Waals surface area contributed by atoms with E-state index in [2.05, 4.69) is 0 Å². The van der Waals surface area contributed by atoms with Crippen molar-refractivity contribution < 1.29 is 22.7 Å². The van der Waals surface area contributed by atoms with Crippen molar-refractivity contribution >= 4 is 33.2 Å². The van der Waals surface area contributed by atoms with Crippen LogP contribution in [-0.4, -0.2) is 59.7 Å². The molecule has 0 N–H and O–H groups in total. The predicted molar refractivity (Wildman–Crippen MR) is 116 cm³/mol. The van der Waals surface area contributed by atoms with Gasteiger partial charge in [-0.15, -0.1) is 0 Å². The first-order valence-electron chi connectivity index (χ1n) is 9.52. The summed E-state index contributed by atoms with van der Waals surface area (Å²) in [4.78, 5) is 14.7. The molecule has 1 saturated heterocycles. The molecule has 0 aromatic heterocycles. The van der Waals surface area contributed by atoms with Crippen molar-refractivity contribution in [3.8, 4) is 5.75 Å². The predicted octanol–water partition coefficient (Wildman–Crippen LogP) is 3.42. The third kappa shape index (κ3) is 4.55. The van der Waals surface area contributed by atoms with E-state index in [1.807, 2.05) is 0 Å². The Morgan fingerprint density at radius 2 is 1.73 bits per heavy atom. The highest BCUT2D eigenvalue weighted by molar-refractivity contribution is 7.92. The molecule has 1 aliphatic heterocycles. The average Bonchev–Trinajstić information content (AvgIpc) is 2.78. The summed E-state index contributed by atoms with van der Waals surface area (Å²) < 4.78 is 37.9. The van der Waals surface area contributed by atoms with Gasteiger partial charge in [0, 0.05) is 27.2 Å². The van der Waals surface area contributed by atoms with Gasteiger partial charge in [0.05, 0.1) is 34.4 Å². The summed E-state index contributed by atoms with van der Waals surface area (Å²) in [5.74, 6) is 0.347. The van der Waals surface area contributed by atoms with Crippen LogP contribution < -0.4 is 9.04 Å². The molecule has 1 aliphatic rings. The number of sulfonamides is 1. The number of piperidine rings is 1. The van der Waals surface area contributed by atoms with E-state index in [0.717, 1.165) is 17.1 Å². The van der Waals surface area contributed by atoms with Crippen LogP contribution in [0.25, 0.3) is 0 Å². The largest absolute Gasteiger partial charge is 0.497 e. The van der Waals surface area contributed by atoms with Crippen molar-refractivity contribution in [3.05, 3.63) is 53.1 Å². The Balaban J connectivity index is 1.86. The Bertz CT molecular complexity index is 1000. The van der Waals surface area contributed by atoms with Crippen LogP contribution in [0, 0.1) is 0 Å². The maximum Gasteiger partial charge on any atom is 0.264 e. The van der Waals surface area contributed by atoms with Crippen LogP contribution in [0.1, 0.15) is 23.2 Å². The topological polar surface area (TPSA) is 76.2 Å². The van der Waals surface area contributed by atoms with E-state index in [0.29, 0.717) is 24.5 Å². The van der Waals surface area contributed by atoms with Gasteiger partial charge in [0.2, 0.25) is 0 Å². The minimum absolute atomic E-state index is 0.000320. The summed E-state index contributed by atoms with van der Waals surface area (Å²) in [5.41, 5.74) is 0.650. The molecule has 2 aromatic carbocycles. The number of carbonyl (C=O) groups excluding carboxylic acids is 1. The van der Waals surface area contributed by atoms with Crippen molar-refractivity contribution in [2.24, 2.45) is 0 Å². The molecule has 2 aromatic rings. The number of hydrogen-bond donors (Lipinski definition) is 0. The first-order chi connectivity index (χ1) is 14.3. The van der Waals surface area contributed by atoms with Gasteiger partial charge in [0.1, 0.15) is 5.75 Å². The summed E-state index contributed by atoms with van der Waals surface area (Å²) in [6.07, 6.45) is 1.60.